The molecular weight excluding hydrogens is 239 g/mol. The summed E-state index contributed by atoms with van der Waals surface area (Å²) < 4.78 is -1.12. The van der Waals surface area contributed by atoms with Gasteiger partial charge in [0.1, 0.15) is 0 Å². The Morgan fingerprint density at radius 2 is 1.75 bits per heavy atom. The summed E-state index contributed by atoms with van der Waals surface area (Å²) in [5, 5.41) is 0. The number of nitrogens with zero attached hydrogens (tertiary/aromatic N) is 1. The van der Waals surface area contributed by atoms with Crippen LogP contribution in [0.3, 0.4) is 0 Å². The summed E-state index contributed by atoms with van der Waals surface area (Å²) >= 11 is 16.0. The molecule has 0 aromatic rings. The predicted molar refractivity (Wildman–Crippen MR) is 55.0 cm³/mol. The quantitative estimate of drug-likeness (QED) is 0.550. The van der Waals surface area contributed by atoms with Gasteiger partial charge in [-0.15, -0.1) is 0 Å². The number of amides is 1. The molecule has 0 bridgehead atoms. The van der Waals surface area contributed by atoms with E-state index in [0.717, 1.165) is 0 Å². The zero-order valence-electron chi connectivity index (χ0n) is 7.20. The Labute approximate surface area is 89.5 Å². The first kappa shape index (κ1) is 12.5. The molecule has 0 aliphatic rings. The van der Waals surface area contributed by atoms with E-state index in [9.17, 15) is 4.79 Å². The van der Waals surface area contributed by atoms with Gasteiger partial charge in [0.05, 0.1) is 21.1 Å². The maximum atomic E-state index is 11.0. The fraction of sp³-hybridized carbons (Fsp3) is 0.800. The fourth-order valence-electron chi connectivity index (χ4n) is 0.409. The van der Waals surface area contributed by atoms with Gasteiger partial charge in [-0.1, -0.05) is 34.8 Å². The topological polar surface area (TPSA) is 29.1 Å². The second-order valence-electron chi connectivity index (χ2n) is 3.45. The second kappa shape index (κ2) is 4.15. The van der Waals surface area contributed by atoms with Gasteiger partial charge in [-0.05, 0) is 0 Å². The van der Waals surface area contributed by atoms with Crippen LogP contribution in [-0.2, 0) is 4.79 Å². The van der Waals surface area contributed by atoms with Crippen molar-refractivity contribution in [1.29, 1.82) is 0 Å². The van der Waals surface area contributed by atoms with E-state index in [-0.39, 0.29) is 0 Å². The van der Waals surface area contributed by atoms with Crippen molar-refractivity contribution in [3.8, 4) is 0 Å². The molecule has 7 heteroatoms. The zero-order valence-corrected chi connectivity index (χ0v) is 10.9. The van der Waals surface area contributed by atoms with E-state index in [0.29, 0.717) is 4.15 Å². The van der Waals surface area contributed by atoms with Gasteiger partial charge in [-0.25, -0.2) is 0 Å². The highest BCUT2D eigenvalue weighted by atomic mass is 35.6. The lowest BCUT2D eigenvalue weighted by Crippen LogP contribution is -2.51. The van der Waals surface area contributed by atoms with Crippen LogP contribution in [0.2, 0.25) is 0 Å². The first-order valence-corrected chi connectivity index (χ1v) is 5.76. The van der Waals surface area contributed by atoms with Gasteiger partial charge in [0, 0.05) is 0 Å². The van der Waals surface area contributed by atoms with Gasteiger partial charge in [0.25, 0.3) is 9.70 Å². The fourth-order valence-corrected chi connectivity index (χ4v) is 1.83. The van der Waals surface area contributed by atoms with Crippen LogP contribution in [-0.4, -0.2) is 44.8 Å². The number of carbonyl (C=O) groups is 1. The van der Waals surface area contributed by atoms with Crippen LogP contribution in [0.15, 0.2) is 0 Å². The van der Waals surface area contributed by atoms with Gasteiger partial charge in [-0.2, -0.15) is 0 Å². The smallest absolute Gasteiger partial charge is 0.366 e. The van der Waals surface area contributed by atoms with Gasteiger partial charge < -0.3 is 9.13 Å². The van der Waals surface area contributed by atoms with Gasteiger partial charge in [-0.3, -0.25) is 4.79 Å². The van der Waals surface area contributed by atoms with Crippen LogP contribution in [0.1, 0.15) is 0 Å². The Kier molecular flexibility index (Phi) is 4.33. The number of alkyl halides is 3. The van der Waals surface area contributed by atoms with Crippen LogP contribution in [0.5, 0.6) is 0 Å². The number of nitrogens with one attached hydrogen (secondary N) is 1. The van der Waals surface area contributed by atoms with E-state index < -0.39 is 19.5 Å². The highest BCUT2D eigenvalue weighted by molar-refractivity contribution is 6.76. The Morgan fingerprint density at radius 1 is 1.33 bits per heavy atom. The molecule has 1 N–H and O–H groups in total. The lowest BCUT2D eigenvalue weighted by Gasteiger charge is -2.25. The number of rotatable bonds is 2. The SMILES string of the molecule is C[N+](C)(C)[SiH2]NC(=O)C(Cl)(Cl)Cl. The van der Waals surface area contributed by atoms with E-state index in [2.05, 4.69) is 4.98 Å². The number of hydrogen-bond acceptors (Lipinski definition) is 1. The summed E-state index contributed by atoms with van der Waals surface area (Å²) in [5.41, 5.74) is 0. The maximum absolute atomic E-state index is 11.0. The van der Waals surface area contributed by atoms with Crippen molar-refractivity contribution in [2.45, 2.75) is 3.79 Å². The molecule has 0 saturated heterocycles. The summed E-state index contributed by atoms with van der Waals surface area (Å²) in [6.45, 7) is 0. The number of halogens is 3. The zero-order chi connectivity index (χ0) is 9.99. The minimum Gasteiger partial charge on any atom is -0.379 e. The molecule has 0 fully saturated rings. The molecule has 0 aromatic carbocycles. The third kappa shape index (κ3) is 6.08. The molecule has 72 valence electrons. The lowest BCUT2D eigenvalue weighted by atomic mass is 10.7. The van der Waals surface area contributed by atoms with E-state index in [1.807, 2.05) is 21.1 Å². The predicted octanol–water partition coefficient (Wildman–Crippen LogP) is 0.178. The van der Waals surface area contributed by atoms with Crippen LogP contribution in [0.25, 0.3) is 0 Å². The summed E-state index contributed by atoms with van der Waals surface area (Å²) in [7, 11) is 5.14. The molecule has 0 radical (unpaired) electrons. The monoisotopic (exact) mass is 249 g/mol. The molecular formula is C5H12Cl3N2OSi+. The molecule has 0 spiro atoms. The Bertz CT molecular complexity index is 175. The van der Waals surface area contributed by atoms with E-state index in [1.165, 1.54) is 0 Å². The number of carbonyl (C=O) groups excluding carboxylic acids is 1. The number of hydrogen-bond donors (Lipinski definition) is 1. The molecule has 12 heavy (non-hydrogen) atoms. The molecule has 0 saturated carbocycles. The molecule has 0 heterocycles. The molecule has 0 aromatic heterocycles. The summed E-state index contributed by atoms with van der Waals surface area (Å²) in [6, 6.07) is 0. The second-order valence-corrected chi connectivity index (χ2v) is 8.30. The van der Waals surface area contributed by atoms with E-state index >= 15 is 0 Å². The average Bonchev–Trinajstić information content (AvgIpc) is 1.78. The first-order valence-electron chi connectivity index (χ1n) is 3.28. The molecule has 3 nitrogen and oxygen atoms in total. The number of quaternary nitrogens is 1. The maximum Gasteiger partial charge on any atom is 0.366 e. The van der Waals surface area contributed by atoms with Crippen molar-refractivity contribution in [3.63, 3.8) is 0 Å². The minimum atomic E-state index is -1.83. The Balaban J connectivity index is 3.90. The Hall–Kier alpha value is 0.517. The summed E-state index contributed by atoms with van der Waals surface area (Å²) in [5.74, 6) is -0.535. The first-order chi connectivity index (χ1) is 5.13. The largest absolute Gasteiger partial charge is 0.379 e. The third-order valence-electron chi connectivity index (χ3n) is 0.971. The van der Waals surface area contributed by atoms with Crippen molar-refractivity contribution >= 4 is 50.6 Å². The van der Waals surface area contributed by atoms with Crippen molar-refractivity contribution in [2.24, 2.45) is 0 Å². The molecule has 0 atom stereocenters. The van der Waals surface area contributed by atoms with Gasteiger partial charge in [0.2, 0.25) is 0 Å². The molecule has 0 unspecified atom stereocenters. The molecule has 0 rings (SSSR count). The van der Waals surface area contributed by atoms with Crippen molar-refractivity contribution in [2.75, 3.05) is 21.1 Å². The minimum absolute atomic E-state index is 0.535. The van der Waals surface area contributed by atoms with Crippen molar-refractivity contribution in [3.05, 3.63) is 0 Å². The van der Waals surface area contributed by atoms with Crippen LogP contribution >= 0.6 is 34.8 Å². The highest BCUT2D eigenvalue weighted by Gasteiger charge is 2.31. The van der Waals surface area contributed by atoms with Crippen molar-refractivity contribution in [1.82, 2.24) is 4.98 Å². The third-order valence-corrected chi connectivity index (χ3v) is 2.91. The average molecular weight is 251 g/mol. The molecule has 1 amide bonds. The molecule has 0 aliphatic heterocycles. The van der Waals surface area contributed by atoms with Crippen molar-refractivity contribution < 1.29 is 8.94 Å². The normalized spacial score (nSPS) is 13.8. The van der Waals surface area contributed by atoms with Crippen LogP contribution in [0, 0.1) is 0 Å². The van der Waals surface area contributed by atoms with Crippen LogP contribution in [0.4, 0.5) is 0 Å². The highest BCUT2D eigenvalue weighted by Crippen LogP contribution is 2.25. The molecule has 0 aliphatic carbocycles. The van der Waals surface area contributed by atoms with Gasteiger partial charge >= 0.3 is 9.84 Å². The summed E-state index contributed by atoms with van der Waals surface area (Å²) in [4.78, 5) is 13.7. The Morgan fingerprint density at radius 3 is 2.00 bits per heavy atom. The lowest BCUT2D eigenvalue weighted by molar-refractivity contribution is -0.756. The van der Waals surface area contributed by atoms with E-state index in [4.69, 9.17) is 34.8 Å². The van der Waals surface area contributed by atoms with E-state index in [1.54, 1.807) is 0 Å². The summed E-state index contributed by atoms with van der Waals surface area (Å²) in [6.07, 6.45) is 0. The van der Waals surface area contributed by atoms with Crippen LogP contribution < -0.4 is 4.98 Å². The standard InChI is InChI=1S/C5H11Cl3N2OSi/c1-10(2,3)12-9-4(11)5(6,7)8/h12H2,1-3H3/p+1. The van der Waals surface area contributed by atoms with Gasteiger partial charge in [0.15, 0.2) is 0 Å².